The summed E-state index contributed by atoms with van der Waals surface area (Å²) in [6.45, 7) is 5.42. The molecule has 1 aromatic rings. The van der Waals surface area contributed by atoms with Gasteiger partial charge in [-0.25, -0.2) is 4.42 Å². The van der Waals surface area contributed by atoms with Crippen LogP contribution in [-0.2, 0) is 4.79 Å². The van der Waals surface area contributed by atoms with Crippen molar-refractivity contribution < 1.29 is 4.79 Å². The van der Waals surface area contributed by atoms with Gasteiger partial charge in [-0.3, -0.25) is 4.79 Å². The van der Waals surface area contributed by atoms with Crippen molar-refractivity contribution >= 4 is 35.0 Å². The van der Waals surface area contributed by atoms with Crippen LogP contribution in [-0.4, -0.2) is 5.91 Å². The van der Waals surface area contributed by atoms with Gasteiger partial charge in [-0.15, -0.1) is 0 Å². The third-order valence-corrected chi connectivity index (χ3v) is 2.54. The third kappa shape index (κ3) is 2.86. The maximum Gasteiger partial charge on any atom is 0.247 e. The number of para-hydroxylation sites is 1. The first kappa shape index (κ1) is 12.3. The first-order valence-corrected chi connectivity index (χ1v) is 5.30. The standard InChI is InChI=1S/C11H13Cl2NO/c1-11(2,3)10(15)14(13)9-7-5-4-6-8(9)12/h4-7H,1-3H3. The zero-order valence-electron chi connectivity index (χ0n) is 8.92. The molecule has 0 aromatic heterocycles. The monoisotopic (exact) mass is 245 g/mol. The molecule has 0 spiro atoms. The molecule has 0 radical (unpaired) electrons. The van der Waals surface area contributed by atoms with Crippen molar-refractivity contribution in [2.24, 2.45) is 5.41 Å². The van der Waals surface area contributed by atoms with E-state index in [1.54, 1.807) is 24.3 Å². The largest absolute Gasteiger partial charge is 0.273 e. The Kier molecular flexibility index (Phi) is 3.63. The molecule has 0 atom stereocenters. The quantitative estimate of drug-likeness (QED) is 0.688. The summed E-state index contributed by atoms with van der Waals surface area (Å²) in [5.41, 5.74) is -0.0123. The van der Waals surface area contributed by atoms with Crippen molar-refractivity contribution in [3.63, 3.8) is 0 Å². The van der Waals surface area contributed by atoms with E-state index in [1.807, 2.05) is 20.8 Å². The van der Waals surface area contributed by atoms with Gasteiger partial charge in [-0.2, -0.15) is 0 Å². The van der Waals surface area contributed by atoms with E-state index in [0.29, 0.717) is 10.7 Å². The van der Waals surface area contributed by atoms with Crippen molar-refractivity contribution in [3.05, 3.63) is 29.3 Å². The number of carbonyl (C=O) groups excluding carboxylic acids is 1. The van der Waals surface area contributed by atoms with Crippen LogP contribution in [0.15, 0.2) is 24.3 Å². The van der Waals surface area contributed by atoms with Gasteiger partial charge in [0.25, 0.3) is 0 Å². The first-order chi connectivity index (χ1) is 6.84. The molecule has 0 aliphatic heterocycles. The van der Waals surface area contributed by atoms with E-state index in [-0.39, 0.29) is 5.91 Å². The lowest BCUT2D eigenvalue weighted by molar-refractivity contribution is -0.124. The average Bonchev–Trinajstić information content (AvgIpc) is 2.15. The van der Waals surface area contributed by atoms with E-state index in [2.05, 4.69) is 0 Å². The fourth-order valence-corrected chi connectivity index (χ4v) is 1.68. The van der Waals surface area contributed by atoms with Gasteiger partial charge in [-0.1, -0.05) is 44.5 Å². The summed E-state index contributed by atoms with van der Waals surface area (Å²) in [4.78, 5) is 11.9. The van der Waals surface area contributed by atoms with Crippen LogP contribution < -0.4 is 4.42 Å². The second kappa shape index (κ2) is 4.42. The molecule has 0 aliphatic carbocycles. The smallest absolute Gasteiger partial charge is 0.247 e. The molecule has 0 saturated carbocycles. The molecule has 0 bridgehead atoms. The minimum atomic E-state index is -0.527. The van der Waals surface area contributed by atoms with Crippen LogP contribution in [0.25, 0.3) is 0 Å². The molecule has 1 aromatic carbocycles. The molecule has 0 N–H and O–H groups in total. The number of nitrogens with zero attached hydrogens (tertiary/aromatic N) is 1. The van der Waals surface area contributed by atoms with Crippen LogP contribution in [0.4, 0.5) is 5.69 Å². The topological polar surface area (TPSA) is 20.3 Å². The van der Waals surface area contributed by atoms with Gasteiger partial charge in [0.1, 0.15) is 0 Å². The number of amides is 1. The number of halogens is 2. The Morgan fingerprint density at radius 3 is 2.27 bits per heavy atom. The molecule has 0 aliphatic rings. The number of hydrogen-bond acceptors (Lipinski definition) is 1. The maximum absolute atomic E-state index is 11.9. The molecular weight excluding hydrogens is 233 g/mol. The maximum atomic E-state index is 11.9. The minimum Gasteiger partial charge on any atom is -0.273 e. The van der Waals surface area contributed by atoms with E-state index < -0.39 is 5.41 Å². The van der Waals surface area contributed by atoms with E-state index >= 15 is 0 Å². The summed E-state index contributed by atoms with van der Waals surface area (Å²) < 4.78 is 1.07. The van der Waals surface area contributed by atoms with Crippen molar-refractivity contribution in [2.75, 3.05) is 4.42 Å². The molecule has 1 rings (SSSR count). The van der Waals surface area contributed by atoms with Crippen LogP contribution in [0.1, 0.15) is 20.8 Å². The highest BCUT2D eigenvalue weighted by molar-refractivity contribution is 6.41. The summed E-state index contributed by atoms with van der Waals surface area (Å²) in [5.74, 6) is -0.183. The molecule has 15 heavy (non-hydrogen) atoms. The number of rotatable bonds is 1. The van der Waals surface area contributed by atoms with Crippen LogP contribution in [0.2, 0.25) is 5.02 Å². The predicted molar refractivity (Wildman–Crippen MR) is 64.2 cm³/mol. The average molecular weight is 246 g/mol. The lowest BCUT2D eigenvalue weighted by Gasteiger charge is -2.23. The Hall–Kier alpha value is -0.730. The van der Waals surface area contributed by atoms with Gasteiger partial charge in [0.2, 0.25) is 5.91 Å². The summed E-state index contributed by atoms with van der Waals surface area (Å²) in [7, 11) is 0. The van der Waals surface area contributed by atoms with Gasteiger partial charge < -0.3 is 0 Å². The Balaban J connectivity index is 3.01. The van der Waals surface area contributed by atoms with E-state index in [4.69, 9.17) is 23.4 Å². The van der Waals surface area contributed by atoms with Crippen molar-refractivity contribution in [1.29, 1.82) is 0 Å². The van der Waals surface area contributed by atoms with Gasteiger partial charge in [-0.05, 0) is 12.1 Å². The van der Waals surface area contributed by atoms with Crippen LogP contribution in [0.5, 0.6) is 0 Å². The molecule has 1 amide bonds. The predicted octanol–water partition coefficient (Wildman–Crippen LogP) is 3.87. The van der Waals surface area contributed by atoms with Gasteiger partial charge in [0.05, 0.1) is 10.7 Å². The van der Waals surface area contributed by atoms with E-state index in [0.717, 1.165) is 4.42 Å². The Morgan fingerprint density at radius 2 is 1.80 bits per heavy atom. The van der Waals surface area contributed by atoms with Gasteiger partial charge in [0.15, 0.2) is 0 Å². The molecule has 0 heterocycles. The Bertz CT molecular complexity index is 371. The van der Waals surface area contributed by atoms with Crippen LogP contribution in [0.3, 0.4) is 0 Å². The van der Waals surface area contributed by atoms with Crippen molar-refractivity contribution in [1.82, 2.24) is 0 Å². The second-order valence-electron chi connectivity index (χ2n) is 4.29. The number of hydrogen-bond donors (Lipinski definition) is 0. The zero-order chi connectivity index (χ0) is 11.6. The highest BCUT2D eigenvalue weighted by atomic mass is 35.5. The first-order valence-electron chi connectivity index (χ1n) is 4.59. The third-order valence-electron chi connectivity index (χ3n) is 1.88. The lowest BCUT2D eigenvalue weighted by atomic mass is 9.95. The molecule has 82 valence electrons. The second-order valence-corrected chi connectivity index (χ2v) is 5.03. The van der Waals surface area contributed by atoms with Gasteiger partial charge >= 0.3 is 0 Å². The number of benzene rings is 1. The normalized spacial score (nSPS) is 11.3. The van der Waals surface area contributed by atoms with Gasteiger partial charge in [0, 0.05) is 17.2 Å². The number of carbonyl (C=O) groups is 1. The minimum absolute atomic E-state index is 0.183. The zero-order valence-corrected chi connectivity index (χ0v) is 10.4. The summed E-state index contributed by atoms with van der Waals surface area (Å²) >= 11 is 11.9. The van der Waals surface area contributed by atoms with Crippen molar-refractivity contribution in [3.8, 4) is 0 Å². The van der Waals surface area contributed by atoms with E-state index in [9.17, 15) is 4.79 Å². The van der Waals surface area contributed by atoms with Crippen LogP contribution >= 0.6 is 23.4 Å². The molecule has 4 heteroatoms. The molecule has 0 fully saturated rings. The summed E-state index contributed by atoms with van der Waals surface area (Å²) in [6, 6.07) is 6.98. The highest BCUT2D eigenvalue weighted by Crippen LogP contribution is 2.30. The molecular formula is C11H13Cl2NO. The Morgan fingerprint density at radius 1 is 1.27 bits per heavy atom. The van der Waals surface area contributed by atoms with Crippen molar-refractivity contribution in [2.45, 2.75) is 20.8 Å². The highest BCUT2D eigenvalue weighted by Gasteiger charge is 2.28. The summed E-state index contributed by atoms with van der Waals surface area (Å²) in [6.07, 6.45) is 0. The fourth-order valence-electron chi connectivity index (χ4n) is 1.01. The lowest BCUT2D eigenvalue weighted by Crippen LogP contribution is -2.33. The fraction of sp³-hybridized carbons (Fsp3) is 0.364. The molecule has 0 unspecified atom stereocenters. The SMILES string of the molecule is CC(C)(C)C(=O)N(Cl)c1ccccc1Cl. The number of anilines is 1. The Labute approximate surface area is 99.9 Å². The van der Waals surface area contributed by atoms with E-state index in [1.165, 1.54) is 0 Å². The molecule has 2 nitrogen and oxygen atoms in total. The molecule has 0 saturated heterocycles. The summed E-state index contributed by atoms with van der Waals surface area (Å²) in [5, 5.41) is 0.463. The van der Waals surface area contributed by atoms with Crippen LogP contribution in [0, 0.1) is 5.41 Å².